The first-order chi connectivity index (χ1) is 13.9. The van der Waals surface area contributed by atoms with E-state index in [-0.39, 0.29) is 0 Å². The van der Waals surface area contributed by atoms with E-state index in [0.717, 1.165) is 27.8 Å². The first-order valence-electron chi connectivity index (χ1n) is 9.39. The number of hydrogen-bond acceptors (Lipinski definition) is 1. The zero-order valence-corrected chi connectivity index (χ0v) is 15.5. The summed E-state index contributed by atoms with van der Waals surface area (Å²) in [5, 5.41) is 8.31. The molecule has 0 aliphatic rings. The first kappa shape index (κ1) is 17.7. The molecule has 1 N–H and O–H groups in total. The molecule has 0 bridgehead atoms. The Morgan fingerprint density at radius 1 is 0.500 bits per heavy atom. The van der Waals surface area contributed by atoms with Crippen LogP contribution in [0.15, 0.2) is 121 Å². The Bertz CT molecular complexity index is 981. The predicted octanol–water partition coefficient (Wildman–Crippen LogP) is 6.35. The molecule has 4 rings (SSSR count). The van der Waals surface area contributed by atoms with E-state index in [1.165, 1.54) is 0 Å². The number of benzene rings is 4. The van der Waals surface area contributed by atoms with Gasteiger partial charge in [-0.2, -0.15) is 0 Å². The highest BCUT2D eigenvalue weighted by atomic mass is 14.4. The molecule has 0 saturated heterocycles. The topological polar surface area (TPSA) is 23.9 Å². The van der Waals surface area contributed by atoms with Gasteiger partial charge in [0.25, 0.3) is 0 Å². The predicted molar refractivity (Wildman–Crippen MR) is 117 cm³/mol. The summed E-state index contributed by atoms with van der Waals surface area (Å²) < 4.78 is 0. The zero-order chi connectivity index (χ0) is 19.2. The van der Waals surface area contributed by atoms with Crippen molar-refractivity contribution in [1.82, 2.24) is 0 Å². The molecule has 0 aliphatic heterocycles. The Kier molecular flexibility index (Phi) is 5.01. The molecular weight excluding hydrogens is 338 g/mol. The van der Waals surface area contributed by atoms with Gasteiger partial charge in [0.2, 0.25) is 0 Å². The lowest BCUT2D eigenvalue weighted by molar-refractivity contribution is 0.805. The van der Waals surface area contributed by atoms with Gasteiger partial charge in [-0.25, -0.2) is 0 Å². The summed E-state index contributed by atoms with van der Waals surface area (Å²) in [6.07, 6.45) is 0. The Balaban J connectivity index is 2.15. The van der Waals surface area contributed by atoms with Gasteiger partial charge in [0.15, 0.2) is 0 Å². The summed E-state index contributed by atoms with van der Waals surface area (Å²) in [5.41, 5.74) is 4.54. The van der Waals surface area contributed by atoms with E-state index >= 15 is 0 Å². The molecule has 0 aliphatic carbocycles. The second-order valence-corrected chi connectivity index (χ2v) is 6.71. The normalized spacial score (nSPS) is 10.9. The van der Waals surface area contributed by atoms with Crippen molar-refractivity contribution in [1.29, 1.82) is 5.41 Å². The summed E-state index contributed by atoms with van der Waals surface area (Å²) in [6, 6.07) is 41.4. The Labute approximate surface area is 166 Å². The second-order valence-electron chi connectivity index (χ2n) is 6.71. The fraction of sp³-hybridized carbons (Fsp3) is 0.0370. The van der Waals surface area contributed by atoms with E-state index in [4.69, 9.17) is 5.41 Å². The van der Waals surface area contributed by atoms with Crippen molar-refractivity contribution < 1.29 is 0 Å². The average molecular weight is 359 g/mol. The summed E-state index contributed by atoms with van der Waals surface area (Å²) >= 11 is 0. The molecule has 0 radical (unpaired) electrons. The lowest BCUT2D eigenvalue weighted by Crippen LogP contribution is -2.31. The van der Waals surface area contributed by atoms with Crippen LogP contribution in [0.4, 0.5) is 0 Å². The zero-order valence-electron chi connectivity index (χ0n) is 15.5. The highest BCUT2D eigenvalue weighted by Crippen LogP contribution is 2.48. The Morgan fingerprint density at radius 2 is 0.821 bits per heavy atom. The number of hydrogen-bond donors (Lipinski definition) is 1. The van der Waals surface area contributed by atoms with Crippen molar-refractivity contribution in [3.63, 3.8) is 0 Å². The number of rotatable bonds is 5. The second kappa shape index (κ2) is 7.92. The molecule has 0 aromatic heterocycles. The van der Waals surface area contributed by atoms with Crippen molar-refractivity contribution in [2.45, 2.75) is 5.41 Å². The van der Waals surface area contributed by atoms with E-state index in [9.17, 15) is 0 Å². The first-order valence-corrected chi connectivity index (χ1v) is 9.39. The van der Waals surface area contributed by atoms with Crippen molar-refractivity contribution in [3.8, 4) is 0 Å². The van der Waals surface area contributed by atoms with Crippen LogP contribution in [0, 0.1) is 5.41 Å². The van der Waals surface area contributed by atoms with Gasteiger partial charge in [0.1, 0.15) is 0 Å². The minimum Gasteiger partial charge on any atom is -0.258 e. The van der Waals surface area contributed by atoms with Crippen molar-refractivity contribution in [2.24, 2.45) is 0 Å². The van der Waals surface area contributed by atoms with E-state index < -0.39 is 5.41 Å². The van der Waals surface area contributed by atoms with Crippen LogP contribution in [-0.2, 0) is 5.41 Å². The number of nitrogens with one attached hydrogen (secondary N) is 1. The largest absolute Gasteiger partial charge is 0.258 e. The smallest absolute Gasteiger partial charge is 0.0795 e. The van der Waals surface area contributed by atoms with Gasteiger partial charge in [-0.05, 0) is 28.1 Å². The van der Waals surface area contributed by atoms with E-state index in [1.54, 1.807) is 0 Å². The van der Waals surface area contributed by atoms with Gasteiger partial charge < -0.3 is 0 Å². The molecule has 0 fully saturated rings. The fourth-order valence-electron chi connectivity index (χ4n) is 3.98. The number of allylic oxidation sites excluding steroid dienone is 1. The van der Waals surface area contributed by atoms with Crippen molar-refractivity contribution in [3.05, 3.63) is 144 Å². The molecule has 134 valence electrons. The standard InChI is InChI=1S/C27H21N/c28-21-26(22-13-5-1-6-14-22)27(23-15-7-2-8-16-23,24-17-9-3-10-18-24)25-19-11-4-12-20-25/h1-20,28H. The van der Waals surface area contributed by atoms with Crippen LogP contribution in [0.2, 0.25) is 0 Å². The molecule has 0 heterocycles. The highest BCUT2D eigenvalue weighted by molar-refractivity contribution is 5.98. The maximum absolute atomic E-state index is 8.31. The molecule has 0 unspecified atom stereocenters. The molecule has 28 heavy (non-hydrogen) atoms. The summed E-state index contributed by atoms with van der Waals surface area (Å²) in [6.45, 7) is 0. The van der Waals surface area contributed by atoms with Crippen LogP contribution >= 0.6 is 0 Å². The van der Waals surface area contributed by atoms with E-state index in [0.29, 0.717) is 0 Å². The third-order valence-electron chi connectivity index (χ3n) is 5.18. The molecule has 0 spiro atoms. The third kappa shape index (κ3) is 2.99. The Hall–Kier alpha value is -3.67. The highest BCUT2D eigenvalue weighted by Gasteiger charge is 2.41. The quantitative estimate of drug-likeness (QED) is 0.317. The molecule has 4 aromatic rings. The molecule has 4 aromatic carbocycles. The molecule has 1 heteroatoms. The molecule has 0 saturated carbocycles. The monoisotopic (exact) mass is 359 g/mol. The van der Waals surface area contributed by atoms with Crippen LogP contribution in [0.3, 0.4) is 0 Å². The maximum atomic E-state index is 8.31. The van der Waals surface area contributed by atoms with Crippen LogP contribution in [-0.4, -0.2) is 5.87 Å². The van der Waals surface area contributed by atoms with E-state index in [2.05, 4.69) is 90.8 Å². The summed E-state index contributed by atoms with van der Waals surface area (Å²) in [7, 11) is 0. The van der Waals surface area contributed by atoms with Crippen LogP contribution in [0.25, 0.3) is 5.57 Å². The van der Waals surface area contributed by atoms with Crippen molar-refractivity contribution >= 4 is 11.4 Å². The maximum Gasteiger partial charge on any atom is 0.0795 e. The lowest BCUT2D eigenvalue weighted by Gasteiger charge is -2.37. The fourth-order valence-corrected chi connectivity index (χ4v) is 3.98. The third-order valence-corrected chi connectivity index (χ3v) is 5.18. The van der Waals surface area contributed by atoms with Crippen LogP contribution in [0.1, 0.15) is 22.3 Å². The van der Waals surface area contributed by atoms with Gasteiger partial charge in [0, 0.05) is 5.57 Å². The molecule has 0 atom stereocenters. The van der Waals surface area contributed by atoms with Crippen molar-refractivity contribution in [2.75, 3.05) is 0 Å². The van der Waals surface area contributed by atoms with Gasteiger partial charge in [-0.1, -0.05) is 121 Å². The lowest BCUT2D eigenvalue weighted by atomic mass is 9.63. The SMILES string of the molecule is N=C=C(c1ccccc1)C(c1ccccc1)(c1ccccc1)c1ccccc1. The van der Waals surface area contributed by atoms with Crippen LogP contribution < -0.4 is 0 Å². The van der Waals surface area contributed by atoms with Gasteiger partial charge >= 0.3 is 0 Å². The summed E-state index contributed by atoms with van der Waals surface area (Å²) in [4.78, 5) is 0. The van der Waals surface area contributed by atoms with Gasteiger partial charge in [-0.3, -0.25) is 5.41 Å². The van der Waals surface area contributed by atoms with Gasteiger partial charge in [0.05, 0.1) is 5.41 Å². The molecular formula is C27H21N. The molecule has 1 nitrogen and oxygen atoms in total. The summed E-state index contributed by atoms with van der Waals surface area (Å²) in [5.74, 6) is 2.82. The van der Waals surface area contributed by atoms with Gasteiger partial charge in [-0.15, -0.1) is 0 Å². The average Bonchev–Trinajstić information content (AvgIpc) is 2.80. The minimum absolute atomic E-state index is 0.632. The molecule has 0 amide bonds. The Morgan fingerprint density at radius 3 is 1.14 bits per heavy atom. The van der Waals surface area contributed by atoms with Crippen LogP contribution in [0.5, 0.6) is 0 Å². The van der Waals surface area contributed by atoms with E-state index in [1.807, 2.05) is 36.4 Å². The minimum atomic E-state index is -0.632.